The molecular formula is C66H116N8O24. The SMILES string of the molecule is C=C(C)[C@@H](C)CCCCNC(=O)CC[C@H](NC(=O)CC[C@H](NC(=O)COCCOCCNC(=O)COCCOCCNC(=O)COCCOCCNC(=O)COCCOCCNC(=O)CC[C@H](NC(=O)CCCCCCCCCCCCCCCCC(=O)O)C(=O)O)C(=O)O)C(=O)O. The first-order valence-electron chi connectivity index (χ1n) is 34.5. The first kappa shape index (κ1) is 91.1. The molecule has 564 valence electrons. The highest BCUT2D eigenvalue weighted by Crippen LogP contribution is 2.16. The summed E-state index contributed by atoms with van der Waals surface area (Å²) in [6.45, 7) is 9.57. The number of allylic oxidation sites excluding steroid dienone is 1. The van der Waals surface area contributed by atoms with Crippen molar-refractivity contribution in [3.63, 3.8) is 0 Å². The zero-order valence-corrected chi connectivity index (χ0v) is 58.0. The van der Waals surface area contributed by atoms with Gasteiger partial charge in [-0.05, 0) is 57.8 Å². The molecule has 8 amide bonds. The van der Waals surface area contributed by atoms with Crippen molar-refractivity contribution in [2.24, 2.45) is 5.92 Å². The Balaban J connectivity index is 3.77. The highest BCUT2D eigenvalue weighted by atomic mass is 16.5. The van der Waals surface area contributed by atoms with Crippen LogP contribution in [0.3, 0.4) is 0 Å². The molecule has 98 heavy (non-hydrogen) atoms. The molecule has 0 fully saturated rings. The molecule has 0 bridgehead atoms. The molecule has 0 aromatic heterocycles. The van der Waals surface area contributed by atoms with E-state index in [1.54, 1.807) is 0 Å². The average molecular weight is 1410 g/mol. The molecule has 0 aliphatic rings. The van der Waals surface area contributed by atoms with Gasteiger partial charge in [0.2, 0.25) is 47.3 Å². The summed E-state index contributed by atoms with van der Waals surface area (Å²) >= 11 is 0. The largest absolute Gasteiger partial charge is 0.481 e. The minimum Gasteiger partial charge on any atom is -0.481 e. The molecule has 0 aliphatic carbocycles. The van der Waals surface area contributed by atoms with E-state index < -0.39 is 72.8 Å². The van der Waals surface area contributed by atoms with Crippen molar-refractivity contribution in [2.75, 3.05) is 138 Å². The first-order chi connectivity index (χ1) is 47.1. The molecule has 0 aromatic carbocycles. The molecule has 0 saturated carbocycles. The Morgan fingerprint density at radius 1 is 0.296 bits per heavy atom. The minimum atomic E-state index is -1.46. The zero-order valence-electron chi connectivity index (χ0n) is 58.0. The molecule has 0 rings (SSSR count). The maximum absolute atomic E-state index is 12.5. The van der Waals surface area contributed by atoms with Crippen molar-refractivity contribution in [3.05, 3.63) is 12.2 Å². The Labute approximate surface area is 576 Å². The van der Waals surface area contributed by atoms with Gasteiger partial charge in [0, 0.05) is 64.8 Å². The summed E-state index contributed by atoms with van der Waals surface area (Å²) < 4.78 is 42.6. The van der Waals surface area contributed by atoms with Crippen LogP contribution in [0.5, 0.6) is 0 Å². The zero-order chi connectivity index (χ0) is 72.7. The third-order valence-corrected chi connectivity index (χ3v) is 14.8. The van der Waals surface area contributed by atoms with Crippen molar-refractivity contribution >= 4 is 71.1 Å². The lowest BCUT2D eigenvalue weighted by Crippen LogP contribution is -2.45. The summed E-state index contributed by atoms with van der Waals surface area (Å²) in [4.78, 5) is 143. The molecule has 0 spiro atoms. The van der Waals surface area contributed by atoms with Gasteiger partial charge in [0.1, 0.15) is 44.6 Å². The standard InChI is InChI=1S/C66H116N8O24/c1-50(2)51(3)20-18-19-29-67-55(75)26-23-53(65(87)88)73-58(78)28-25-54(66(89)90)74-62(82)49-98-45-41-94-37-33-71-61(81)48-97-44-40-93-36-32-70-60(80)47-96-43-39-92-35-31-69-59(79)46-95-42-38-91-34-30-68-56(76)27-24-52(64(85)86)72-57(77)21-16-14-12-10-8-6-4-5-7-9-11-13-15-17-22-63(83)84/h51-54H,1,4-49H2,2-3H3,(H,67,75)(H,68,76)(H,69,79)(H,70,80)(H,71,81)(H,72,77)(H,73,78)(H,74,82)(H,83,84)(H,85,86)(H,87,88)(H,89,90)/t51-,52-,53-,54-/m0/s1. The molecular weight excluding hydrogens is 1290 g/mol. The number of aliphatic carboxylic acids is 4. The van der Waals surface area contributed by atoms with Crippen molar-refractivity contribution in [2.45, 2.75) is 192 Å². The Kier molecular flexibility index (Phi) is 59.0. The normalized spacial score (nSPS) is 12.3. The molecule has 12 N–H and O–H groups in total. The van der Waals surface area contributed by atoms with E-state index in [1.165, 1.54) is 32.1 Å². The predicted molar refractivity (Wildman–Crippen MR) is 357 cm³/mol. The fraction of sp³-hybridized carbons (Fsp3) is 0.788. The lowest BCUT2D eigenvalue weighted by molar-refractivity contribution is -0.144. The maximum atomic E-state index is 12.5. The number of nitrogens with one attached hydrogen (secondary N) is 8. The van der Waals surface area contributed by atoms with Crippen LogP contribution in [0.25, 0.3) is 0 Å². The van der Waals surface area contributed by atoms with Crippen molar-refractivity contribution in [1.29, 1.82) is 0 Å². The van der Waals surface area contributed by atoms with Crippen LogP contribution in [0.2, 0.25) is 0 Å². The van der Waals surface area contributed by atoms with Crippen molar-refractivity contribution in [3.8, 4) is 0 Å². The van der Waals surface area contributed by atoms with Gasteiger partial charge in [0.15, 0.2) is 0 Å². The van der Waals surface area contributed by atoms with E-state index >= 15 is 0 Å². The van der Waals surface area contributed by atoms with E-state index in [-0.39, 0.29) is 200 Å². The first-order valence-corrected chi connectivity index (χ1v) is 34.5. The van der Waals surface area contributed by atoms with Crippen LogP contribution in [0.1, 0.15) is 174 Å². The lowest BCUT2D eigenvalue weighted by Gasteiger charge is -2.17. The second kappa shape index (κ2) is 63.5. The fourth-order valence-electron chi connectivity index (χ4n) is 9.02. The molecule has 0 unspecified atom stereocenters. The Hall–Kier alpha value is -6.94. The average Bonchev–Trinajstić information content (AvgIpc) is 1.55. The van der Waals surface area contributed by atoms with E-state index in [9.17, 15) is 72.9 Å². The molecule has 0 saturated heterocycles. The van der Waals surface area contributed by atoms with Gasteiger partial charge in [-0.1, -0.05) is 103 Å². The van der Waals surface area contributed by atoms with Crippen LogP contribution in [-0.4, -0.2) is 248 Å². The molecule has 32 heteroatoms. The Morgan fingerprint density at radius 2 is 0.571 bits per heavy atom. The van der Waals surface area contributed by atoms with Gasteiger partial charge in [-0.25, -0.2) is 14.4 Å². The fourth-order valence-corrected chi connectivity index (χ4v) is 9.02. The number of carbonyl (C=O) groups is 12. The van der Waals surface area contributed by atoms with Gasteiger partial charge < -0.3 is 101 Å². The Morgan fingerprint density at radius 3 is 0.908 bits per heavy atom. The second-order valence-corrected chi connectivity index (χ2v) is 23.5. The maximum Gasteiger partial charge on any atom is 0.326 e. The van der Waals surface area contributed by atoms with E-state index in [0.717, 1.165) is 76.2 Å². The van der Waals surface area contributed by atoms with Gasteiger partial charge in [0.25, 0.3) is 0 Å². The molecule has 0 aliphatic heterocycles. The molecule has 0 heterocycles. The summed E-state index contributed by atoms with van der Waals surface area (Å²) in [5, 5.41) is 57.7. The Bertz CT molecular complexity index is 2270. The third-order valence-electron chi connectivity index (χ3n) is 14.8. The summed E-state index contributed by atoms with van der Waals surface area (Å²) in [6.07, 6.45) is 16.7. The van der Waals surface area contributed by atoms with Crippen LogP contribution in [-0.2, 0) is 95.4 Å². The monoisotopic (exact) mass is 1400 g/mol. The number of unbranched alkanes of at least 4 members (excludes halogenated alkanes) is 14. The van der Waals surface area contributed by atoms with Gasteiger partial charge >= 0.3 is 23.9 Å². The highest BCUT2D eigenvalue weighted by molar-refractivity contribution is 5.87. The number of ether oxygens (including phenoxy) is 8. The van der Waals surface area contributed by atoms with Gasteiger partial charge in [-0.2, -0.15) is 0 Å². The molecule has 32 nitrogen and oxygen atoms in total. The quantitative estimate of drug-likeness (QED) is 0.0307. The number of carboxylic acid groups (broad SMARTS) is 4. The van der Waals surface area contributed by atoms with Crippen molar-refractivity contribution < 1.29 is 116 Å². The summed E-state index contributed by atoms with van der Waals surface area (Å²) in [5.74, 6) is -8.08. The van der Waals surface area contributed by atoms with Crippen LogP contribution in [0.15, 0.2) is 12.2 Å². The van der Waals surface area contributed by atoms with Crippen LogP contribution in [0.4, 0.5) is 0 Å². The number of carbonyl (C=O) groups excluding carboxylic acids is 8. The van der Waals surface area contributed by atoms with E-state index in [0.29, 0.717) is 18.9 Å². The molecule has 4 atom stereocenters. The number of amides is 8. The second-order valence-electron chi connectivity index (χ2n) is 23.5. The third kappa shape index (κ3) is 60.3. The smallest absolute Gasteiger partial charge is 0.326 e. The topological polar surface area (TPSA) is 456 Å². The lowest BCUT2D eigenvalue weighted by atomic mass is 9.98. The predicted octanol–water partition coefficient (Wildman–Crippen LogP) is 2.46. The van der Waals surface area contributed by atoms with Gasteiger partial charge in [0.05, 0.1) is 79.3 Å². The molecule has 0 radical (unpaired) electrons. The molecule has 0 aromatic rings. The van der Waals surface area contributed by atoms with E-state index in [4.69, 9.17) is 43.0 Å². The highest BCUT2D eigenvalue weighted by Gasteiger charge is 2.25. The van der Waals surface area contributed by atoms with Crippen molar-refractivity contribution in [1.82, 2.24) is 42.5 Å². The van der Waals surface area contributed by atoms with Crippen LogP contribution in [0, 0.1) is 5.92 Å². The van der Waals surface area contributed by atoms with Gasteiger partial charge in [-0.3, -0.25) is 43.2 Å². The minimum absolute atomic E-state index is 0.0338. The number of hydrogen-bond acceptors (Lipinski definition) is 20. The van der Waals surface area contributed by atoms with Crippen LogP contribution < -0.4 is 42.5 Å². The number of carboxylic acids is 4. The summed E-state index contributed by atoms with van der Waals surface area (Å²) in [7, 11) is 0. The summed E-state index contributed by atoms with van der Waals surface area (Å²) in [6, 6.07) is -4.00. The number of rotatable bonds is 70. The summed E-state index contributed by atoms with van der Waals surface area (Å²) in [5.41, 5.74) is 1.09. The van der Waals surface area contributed by atoms with Gasteiger partial charge in [-0.15, -0.1) is 0 Å². The van der Waals surface area contributed by atoms with E-state index in [2.05, 4.69) is 56.0 Å². The number of hydrogen-bond donors (Lipinski definition) is 12. The van der Waals surface area contributed by atoms with E-state index in [1.807, 2.05) is 6.92 Å². The van der Waals surface area contributed by atoms with Crippen LogP contribution >= 0.6 is 0 Å².